The van der Waals surface area contributed by atoms with Crippen molar-refractivity contribution in [1.29, 1.82) is 0 Å². The van der Waals surface area contributed by atoms with Gasteiger partial charge < -0.3 is 10.2 Å². The minimum Gasteiger partial charge on any atom is -0.320 e. The number of hydrogen-bond donors (Lipinski definition) is 2. The highest BCUT2D eigenvalue weighted by atomic mass is 35.5. The van der Waals surface area contributed by atoms with Crippen LogP contribution in [0.15, 0.2) is 24.3 Å². The number of rotatable bonds is 5. The monoisotopic (exact) mass is 343 g/mol. The van der Waals surface area contributed by atoms with Crippen LogP contribution in [0.5, 0.6) is 0 Å². The Morgan fingerprint density at radius 3 is 2.86 bits per heavy atom. The van der Waals surface area contributed by atoms with Gasteiger partial charge in [0.25, 0.3) is 5.91 Å². The fourth-order valence-corrected chi connectivity index (χ4v) is 3.11. The van der Waals surface area contributed by atoms with Gasteiger partial charge in [-0.25, -0.2) is 0 Å². The molecule has 0 aliphatic carbocycles. The van der Waals surface area contributed by atoms with E-state index in [0.717, 1.165) is 13.9 Å². The highest BCUT2D eigenvalue weighted by molar-refractivity contribution is 7.73. The largest absolute Gasteiger partial charge is 0.320 e. The van der Waals surface area contributed by atoms with Gasteiger partial charge in [-0.05, 0) is 31.3 Å². The first-order chi connectivity index (χ1) is 9.95. The third-order valence-corrected chi connectivity index (χ3v) is 4.29. The maximum absolute atomic E-state index is 12.0. The number of anilines is 1. The zero-order valence-electron chi connectivity index (χ0n) is 11.7. The highest BCUT2D eigenvalue weighted by Crippen LogP contribution is 2.19. The molecule has 1 atom stereocenters. The number of quaternary nitrogens is 1. The molecule has 1 aromatic heterocycles. The molecule has 1 unspecified atom stereocenters. The van der Waals surface area contributed by atoms with Crippen LogP contribution in [0.3, 0.4) is 0 Å². The molecule has 1 aromatic carbocycles. The van der Waals surface area contributed by atoms with Crippen LogP contribution in [-0.4, -0.2) is 29.3 Å². The van der Waals surface area contributed by atoms with E-state index in [9.17, 15) is 4.79 Å². The number of carbonyl (C=O) groups excluding carboxylic acids is 1. The summed E-state index contributed by atoms with van der Waals surface area (Å²) in [5, 5.41) is 8.57. The number of nitrogens with zero attached hydrogens (tertiary/aromatic N) is 2. The van der Waals surface area contributed by atoms with E-state index in [1.165, 1.54) is 11.3 Å². The quantitative estimate of drug-likeness (QED) is 0.813. The molecule has 0 spiro atoms. The summed E-state index contributed by atoms with van der Waals surface area (Å²) in [5.41, 5.74) is 0.623. The van der Waals surface area contributed by atoms with Crippen molar-refractivity contribution in [2.45, 2.75) is 13.6 Å². The first-order valence-electron chi connectivity index (χ1n) is 6.36. The molecule has 1 amide bonds. The first kappa shape index (κ1) is 16.1. The lowest BCUT2D eigenvalue weighted by molar-refractivity contribution is -0.895. The Labute approximate surface area is 137 Å². The lowest BCUT2D eigenvalue weighted by Crippen LogP contribution is -3.09. The average Bonchev–Trinajstić information content (AvgIpc) is 2.70. The molecular weight excluding hydrogens is 328 g/mol. The van der Waals surface area contributed by atoms with E-state index in [1.807, 2.05) is 26.1 Å². The second-order valence-corrected chi connectivity index (χ2v) is 6.94. The number of halogens is 1. The number of likely N-dealkylation sites (N-methyl/N-ethyl adjacent to an activating group) is 1. The van der Waals surface area contributed by atoms with Gasteiger partial charge in [-0.15, -0.1) is 0 Å². The molecule has 0 fully saturated rings. The minimum absolute atomic E-state index is 0.0981. The van der Waals surface area contributed by atoms with Crippen molar-refractivity contribution in [2.75, 3.05) is 18.9 Å². The summed E-state index contributed by atoms with van der Waals surface area (Å²) < 4.78 is 2.46. The van der Waals surface area contributed by atoms with Gasteiger partial charge in [0.05, 0.1) is 17.8 Å². The second kappa shape index (κ2) is 7.13. The van der Waals surface area contributed by atoms with Gasteiger partial charge in [-0.3, -0.25) is 4.79 Å². The number of carbonyl (C=O) groups is 1. The van der Waals surface area contributed by atoms with Crippen LogP contribution < -0.4 is 10.2 Å². The van der Waals surface area contributed by atoms with Crippen LogP contribution >= 0.6 is 35.2 Å². The van der Waals surface area contributed by atoms with Gasteiger partial charge in [0.1, 0.15) is 5.01 Å². The number of nitrogens with one attached hydrogen (secondary N) is 2. The van der Waals surface area contributed by atoms with E-state index in [4.69, 9.17) is 23.8 Å². The SMILES string of the molecule is Cc1nn(C[NH+](C)CC(=O)Nc2ccccc2Cl)c(=S)s1. The third-order valence-electron chi connectivity index (χ3n) is 2.74. The summed E-state index contributed by atoms with van der Waals surface area (Å²) in [7, 11) is 1.92. The Morgan fingerprint density at radius 2 is 2.24 bits per heavy atom. The molecule has 0 radical (unpaired) electrons. The van der Waals surface area contributed by atoms with Crippen LogP contribution in [0.25, 0.3) is 0 Å². The van der Waals surface area contributed by atoms with Crippen molar-refractivity contribution in [3.05, 3.63) is 38.3 Å². The first-order valence-corrected chi connectivity index (χ1v) is 7.96. The highest BCUT2D eigenvalue weighted by Gasteiger charge is 2.13. The van der Waals surface area contributed by atoms with Gasteiger partial charge in [-0.2, -0.15) is 9.78 Å². The van der Waals surface area contributed by atoms with Crippen molar-refractivity contribution in [3.63, 3.8) is 0 Å². The summed E-state index contributed by atoms with van der Waals surface area (Å²) in [6, 6.07) is 7.16. The fraction of sp³-hybridized carbons (Fsp3) is 0.308. The Kier molecular flexibility index (Phi) is 5.46. The third kappa shape index (κ3) is 4.60. The molecule has 21 heavy (non-hydrogen) atoms. The van der Waals surface area contributed by atoms with E-state index in [2.05, 4.69) is 10.4 Å². The number of benzene rings is 1. The molecule has 2 aromatic rings. The molecule has 2 N–H and O–H groups in total. The lowest BCUT2D eigenvalue weighted by Gasteiger charge is -2.14. The molecule has 5 nitrogen and oxygen atoms in total. The minimum atomic E-state index is -0.0981. The lowest BCUT2D eigenvalue weighted by atomic mass is 10.3. The van der Waals surface area contributed by atoms with Crippen molar-refractivity contribution >= 4 is 46.8 Å². The molecule has 0 aliphatic rings. The van der Waals surface area contributed by atoms with Crippen molar-refractivity contribution in [1.82, 2.24) is 9.78 Å². The summed E-state index contributed by atoms with van der Waals surface area (Å²) in [6.45, 7) is 2.78. The maximum Gasteiger partial charge on any atom is 0.279 e. The van der Waals surface area contributed by atoms with Crippen LogP contribution in [-0.2, 0) is 11.5 Å². The maximum atomic E-state index is 12.0. The zero-order valence-corrected chi connectivity index (χ0v) is 14.1. The molecule has 112 valence electrons. The average molecular weight is 344 g/mol. The molecule has 0 bridgehead atoms. The molecule has 8 heteroatoms. The Hall–Kier alpha value is -1.28. The molecule has 0 aliphatic heterocycles. The zero-order chi connectivity index (χ0) is 15.4. The topological polar surface area (TPSA) is 51.4 Å². The number of hydrogen-bond acceptors (Lipinski definition) is 4. The molecule has 0 saturated heterocycles. The molecular formula is C13H16ClN4OS2+. The molecule has 0 saturated carbocycles. The standard InChI is InChI=1S/C13H15ClN4OS2/c1-9-16-18(13(20)21-9)8-17(2)7-12(19)15-11-6-4-3-5-10(11)14/h3-6H,7-8H2,1-2H3,(H,15,19)/p+1. The van der Waals surface area contributed by atoms with Crippen molar-refractivity contribution < 1.29 is 9.69 Å². The van der Waals surface area contributed by atoms with Crippen LogP contribution in [0.2, 0.25) is 5.02 Å². The summed E-state index contributed by atoms with van der Waals surface area (Å²) >= 11 is 12.7. The van der Waals surface area contributed by atoms with Gasteiger partial charge in [0.15, 0.2) is 17.2 Å². The van der Waals surface area contributed by atoms with E-state index >= 15 is 0 Å². The summed E-state index contributed by atoms with van der Waals surface area (Å²) in [5.74, 6) is -0.0981. The summed E-state index contributed by atoms with van der Waals surface area (Å²) in [6.07, 6.45) is 0. The number of amides is 1. The van der Waals surface area contributed by atoms with Gasteiger partial charge in [0.2, 0.25) is 0 Å². The molecule has 2 rings (SSSR count). The molecule has 1 heterocycles. The number of para-hydroxylation sites is 1. The number of aryl methyl sites for hydroxylation is 1. The summed E-state index contributed by atoms with van der Waals surface area (Å²) in [4.78, 5) is 13.0. The van der Waals surface area contributed by atoms with Gasteiger partial charge in [0, 0.05) is 0 Å². The number of aromatic nitrogens is 2. The van der Waals surface area contributed by atoms with Gasteiger partial charge in [-0.1, -0.05) is 35.1 Å². The predicted octanol–water partition coefficient (Wildman–Crippen LogP) is 1.75. The smallest absolute Gasteiger partial charge is 0.279 e. The van der Waals surface area contributed by atoms with E-state index in [0.29, 0.717) is 23.9 Å². The van der Waals surface area contributed by atoms with Crippen molar-refractivity contribution in [3.8, 4) is 0 Å². The predicted molar refractivity (Wildman–Crippen MR) is 87.5 cm³/mol. The Morgan fingerprint density at radius 1 is 1.52 bits per heavy atom. The van der Waals surface area contributed by atoms with Crippen molar-refractivity contribution in [2.24, 2.45) is 0 Å². The Bertz CT molecular complexity index is 697. The Balaban J connectivity index is 1.92. The van der Waals surface area contributed by atoms with E-state index < -0.39 is 0 Å². The second-order valence-electron chi connectivity index (χ2n) is 4.71. The van der Waals surface area contributed by atoms with Crippen LogP contribution in [0, 0.1) is 10.9 Å². The van der Waals surface area contributed by atoms with E-state index in [-0.39, 0.29) is 5.91 Å². The van der Waals surface area contributed by atoms with Crippen LogP contribution in [0.1, 0.15) is 5.01 Å². The normalized spacial score (nSPS) is 12.1. The van der Waals surface area contributed by atoms with Gasteiger partial charge >= 0.3 is 0 Å². The van der Waals surface area contributed by atoms with E-state index in [1.54, 1.807) is 16.8 Å². The fourth-order valence-electron chi connectivity index (χ4n) is 1.85. The van der Waals surface area contributed by atoms with Crippen LogP contribution in [0.4, 0.5) is 5.69 Å².